The van der Waals surface area contributed by atoms with Crippen LogP contribution in [0.25, 0.3) is 0 Å². The van der Waals surface area contributed by atoms with E-state index in [0.29, 0.717) is 13.1 Å². The van der Waals surface area contributed by atoms with Gasteiger partial charge in [-0.3, -0.25) is 9.59 Å². The van der Waals surface area contributed by atoms with E-state index in [2.05, 4.69) is 5.32 Å². The predicted molar refractivity (Wildman–Crippen MR) is 88.3 cm³/mol. The number of nitrogens with zero attached hydrogens (tertiary/aromatic N) is 1. The molecule has 1 saturated heterocycles. The van der Waals surface area contributed by atoms with Crippen molar-refractivity contribution in [2.24, 2.45) is 0 Å². The van der Waals surface area contributed by atoms with Gasteiger partial charge in [0, 0.05) is 25.2 Å². The summed E-state index contributed by atoms with van der Waals surface area (Å²) < 4.78 is 26.9. The molecule has 2 N–H and O–H groups in total. The molecule has 1 amide bonds. The first-order valence-corrected chi connectivity index (χ1v) is 9.45. The Morgan fingerprint density at radius 2 is 1.79 bits per heavy atom. The van der Waals surface area contributed by atoms with Gasteiger partial charge in [0.2, 0.25) is 10.0 Å². The maximum atomic E-state index is 12.7. The first-order valence-electron chi connectivity index (χ1n) is 8.01. The second kappa shape index (κ2) is 8.25. The molecule has 1 fully saturated rings. The molecule has 8 heteroatoms. The lowest BCUT2D eigenvalue weighted by molar-refractivity contribution is -0.136. The Hall–Kier alpha value is -1.93. The van der Waals surface area contributed by atoms with Crippen LogP contribution < -0.4 is 5.32 Å². The summed E-state index contributed by atoms with van der Waals surface area (Å²) in [5.41, 5.74) is 0.205. The number of carbonyl (C=O) groups is 2. The Morgan fingerprint density at radius 1 is 1.12 bits per heavy atom. The highest BCUT2D eigenvalue weighted by Gasteiger charge is 2.25. The molecular weight excluding hydrogens is 332 g/mol. The smallest absolute Gasteiger partial charge is 0.305 e. The molecule has 1 aliphatic rings. The van der Waals surface area contributed by atoms with Crippen LogP contribution in [-0.4, -0.2) is 49.3 Å². The Kier molecular flexibility index (Phi) is 6.33. The van der Waals surface area contributed by atoms with E-state index in [1.807, 2.05) is 0 Å². The number of nitrogens with one attached hydrogen (secondary N) is 1. The third-order valence-electron chi connectivity index (χ3n) is 3.92. The lowest BCUT2D eigenvalue weighted by Gasteiger charge is -2.20. The number of carboxylic acid groups (broad SMARTS) is 1. The number of aliphatic carboxylic acids is 1. The fraction of sp³-hybridized carbons (Fsp3) is 0.500. The van der Waals surface area contributed by atoms with Crippen LogP contribution in [0.15, 0.2) is 29.2 Å². The summed E-state index contributed by atoms with van der Waals surface area (Å²) in [5.74, 6) is -1.49. The normalized spacial score (nSPS) is 16.3. The molecule has 1 aliphatic heterocycles. The molecule has 1 heterocycles. The van der Waals surface area contributed by atoms with Gasteiger partial charge in [-0.15, -0.1) is 0 Å². The molecule has 0 atom stereocenters. The van der Waals surface area contributed by atoms with Crippen LogP contribution in [0.3, 0.4) is 0 Å². The molecular formula is C16H22N2O5S. The van der Waals surface area contributed by atoms with Gasteiger partial charge < -0.3 is 10.4 Å². The Bertz CT molecular complexity index is 694. The van der Waals surface area contributed by atoms with Crippen molar-refractivity contribution in [2.45, 2.75) is 37.0 Å². The van der Waals surface area contributed by atoms with Crippen molar-refractivity contribution in [1.29, 1.82) is 0 Å². The average Bonchev–Trinajstić information content (AvgIpc) is 2.84. The van der Waals surface area contributed by atoms with Crippen LogP contribution in [0.4, 0.5) is 0 Å². The Labute approximate surface area is 141 Å². The molecule has 7 nitrogen and oxygen atoms in total. The molecule has 2 rings (SSSR count). The van der Waals surface area contributed by atoms with Gasteiger partial charge in [0.05, 0.1) is 11.3 Å². The van der Waals surface area contributed by atoms with Gasteiger partial charge in [0.15, 0.2) is 0 Å². The van der Waals surface area contributed by atoms with E-state index >= 15 is 0 Å². The molecule has 1 aromatic rings. The van der Waals surface area contributed by atoms with E-state index in [-0.39, 0.29) is 23.4 Å². The van der Waals surface area contributed by atoms with Crippen molar-refractivity contribution >= 4 is 21.9 Å². The minimum atomic E-state index is -3.62. The number of benzene rings is 1. The van der Waals surface area contributed by atoms with Gasteiger partial charge >= 0.3 is 5.97 Å². The molecule has 0 aromatic heterocycles. The number of carbonyl (C=O) groups excluding carboxylic acids is 1. The summed E-state index contributed by atoms with van der Waals surface area (Å²) in [4.78, 5) is 22.6. The molecule has 0 bridgehead atoms. The fourth-order valence-corrected chi connectivity index (χ4v) is 4.18. The number of sulfonamides is 1. The van der Waals surface area contributed by atoms with Crippen molar-refractivity contribution < 1.29 is 23.1 Å². The topological polar surface area (TPSA) is 104 Å². The van der Waals surface area contributed by atoms with E-state index < -0.39 is 21.9 Å². The van der Waals surface area contributed by atoms with Crippen LogP contribution in [0, 0.1) is 0 Å². The minimum absolute atomic E-state index is 0.00271. The number of carboxylic acids is 1. The second-order valence-corrected chi connectivity index (χ2v) is 7.68. The number of rotatable bonds is 6. The first kappa shape index (κ1) is 18.4. The quantitative estimate of drug-likeness (QED) is 0.805. The van der Waals surface area contributed by atoms with Crippen molar-refractivity contribution in [3.63, 3.8) is 0 Å². The van der Waals surface area contributed by atoms with Gasteiger partial charge in [0.25, 0.3) is 5.91 Å². The van der Waals surface area contributed by atoms with Gasteiger partial charge in [0.1, 0.15) is 0 Å². The van der Waals surface area contributed by atoms with Gasteiger partial charge in [-0.1, -0.05) is 18.9 Å². The second-order valence-electron chi connectivity index (χ2n) is 5.75. The highest BCUT2D eigenvalue weighted by Crippen LogP contribution is 2.21. The van der Waals surface area contributed by atoms with Crippen LogP contribution in [0.2, 0.25) is 0 Å². The van der Waals surface area contributed by atoms with Crippen LogP contribution in [0.1, 0.15) is 42.5 Å². The van der Waals surface area contributed by atoms with Gasteiger partial charge in [-0.25, -0.2) is 8.42 Å². The standard InChI is InChI=1S/C16H22N2O5S/c19-15(20)8-9-17-16(21)13-6-5-7-14(12-13)24(22,23)18-10-3-1-2-4-11-18/h5-7,12H,1-4,8-11H2,(H,17,21)(H,19,20). The molecule has 24 heavy (non-hydrogen) atoms. The summed E-state index contributed by atoms with van der Waals surface area (Å²) in [7, 11) is -3.62. The SMILES string of the molecule is O=C(O)CCNC(=O)c1cccc(S(=O)(=O)N2CCCCCC2)c1. The van der Waals surface area contributed by atoms with E-state index in [1.54, 1.807) is 0 Å². The van der Waals surface area contributed by atoms with Crippen molar-refractivity contribution in [3.05, 3.63) is 29.8 Å². The maximum absolute atomic E-state index is 12.7. The lowest BCUT2D eigenvalue weighted by atomic mass is 10.2. The molecule has 132 valence electrons. The van der Waals surface area contributed by atoms with E-state index in [0.717, 1.165) is 25.7 Å². The minimum Gasteiger partial charge on any atom is -0.481 e. The molecule has 0 aliphatic carbocycles. The highest BCUT2D eigenvalue weighted by atomic mass is 32.2. The first-order chi connectivity index (χ1) is 11.4. The Morgan fingerprint density at radius 3 is 2.42 bits per heavy atom. The van der Waals surface area contributed by atoms with Gasteiger partial charge in [-0.2, -0.15) is 4.31 Å². The average molecular weight is 354 g/mol. The monoisotopic (exact) mass is 354 g/mol. The summed E-state index contributed by atoms with van der Waals surface area (Å²) >= 11 is 0. The van der Waals surface area contributed by atoms with E-state index in [9.17, 15) is 18.0 Å². The van der Waals surface area contributed by atoms with Crippen molar-refractivity contribution in [2.75, 3.05) is 19.6 Å². The zero-order valence-corrected chi connectivity index (χ0v) is 14.2. The molecule has 0 unspecified atom stereocenters. The highest BCUT2D eigenvalue weighted by molar-refractivity contribution is 7.89. The molecule has 0 saturated carbocycles. The zero-order valence-electron chi connectivity index (χ0n) is 13.4. The van der Waals surface area contributed by atoms with Crippen LogP contribution in [-0.2, 0) is 14.8 Å². The summed E-state index contributed by atoms with van der Waals surface area (Å²) in [6.07, 6.45) is 3.55. The third kappa shape index (κ3) is 4.78. The summed E-state index contributed by atoms with van der Waals surface area (Å²) in [6, 6.07) is 5.86. The largest absolute Gasteiger partial charge is 0.481 e. The lowest BCUT2D eigenvalue weighted by Crippen LogP contribution is -2.32. The zero-order chi connectivity index (χ0) is 17.6. The maximum Gasteiger partial charge on any atom is 0.305 e. The van der Waals surface area contributed by atoms with Crippen LogP contribution >= 0.6 is 0 Å². The van der Waals surface area contributed by atoms with Gasteiger partial charge in [-0.05, 0) is 31.0 Å². The number of hydrogen-bond acceptors (Lipinski definition) is 4. The molecule has 0 spiro atoms. The Balaban J connectivity index is 2.13. The third-order valence-corrected chi connectivity index (χ3v) is 5.82. The van der Waals surface area contributed by atoms with Crippen molar-refractivity contribution in [1.82, 2.24) is 9.62 Å². The number of amides is 1. The predicted octanol–water partition coefficient (Wildman–Crippen LogP) is 1.46. The molecule has 0 radical (unpaired) electrons. The number of hydrogen-bond donors (Lipinski definition) is 2. The summed E-state index contributed by atoms with van der Waals surface area (Å²) in [6.45, 7) is 0.992. The molecule has 1 aromatic carbocycles. The fourth-order valence-electron chi connectivity index (χ4n) is 2.61. The van der Waals surface area contributed by atoms with Crippen LogP contribution in [0.5, 0.6) is 0 Å². The summed E-state index contributed by atoms with van der Waals surface area (Å²) in [5, 5.41) is 11.0. The van der Waals surface area contributed by atoms with Crippen molar-refractivity contribution in [3.8, 4) is 0 Å². The van der Waals surface area contributed by atoms with E-state index in [1.165, 1.54) is 28.6 Å². The van der Waals surface area contributed by atoms with E-state index in [4.69, 9.17) is 5.11 Å².